The van der Waals surface area contributed by atoms with Crippen molar-refractivity contribution in [2.75, 3.05) is 46.3 Å². The number of nitrogens with two attached hydrogens (primary N) is 3. The highest BCUT2D eigenvalue weighted by molar-refractivity contribution is 6.16. The van der Waals surface area contributed by atoms with Crippen LogP contribution >= 0.6 is 0 Å². The highest BCUT2D eigenvalue weighted by Gasteiger charge is 2.62. The van der Waals surface area contributed by atoms with E-state index in [1.165, 1.54) is 5.56 Å². The van der Waals surface area contributed by atoms with Crippen LogP contribution in [-0.2, 0) is 36.9 Å². The Labute approximate surface area is 376 Å². The van der Waals surface area contributed by atoms with E-state index < -0.39 is 59.0 Å². The maximum atomic E-state index is 16.0. The number of unbranched alkanes of at least 4 members (excludes halogenated alkanes) is 1. The Hall–Kier alpha value is -4.01. The monoisotopic (exact) mass is 869 g/mol. The zero-order chi connectivity index (χ0) is 44.8. The van der Waals surface area contributed by atoms with Gasteiger partial charge in [-0.15, -0.1) is 0 Å². The molecule has 0 aromatic heterocycles. The van der Waals surface area contributed by atoms with Crippen molar-refractivity contribution in [3.63, 3.8) is 0 Å². The van der Waals surface area contributed by atoms with E-state index in [0.29, 0.717) is 90.5 Å². The lowest BCUT2D eigenvalue weighted by atomic mass is 9.57. The molecule has 4 fully saturated rings. The number of hydrogen-bond acceptors (Lipinski definition) is 10. The molecule has 0 spiro atoms. The van der Waals surface area contributed by atoms with Crippen LogP contribution in [0.2, 0.25) is 0 Å². The minimum absolute atomic E-state index is 0.257. The second-order valence-electron chi connectivity index (χ2n) is 18.9. The Morgan fingerprint density at radius 2 is 1.33 bits per heavy atom. The summed E-state index contributed by atoms with van der Waals surface area (Å²) in [6, 6.07) is 15.0. The lowest BCUT2D eigenvalue weighted by molar-refractivity contribution is -0.160. The number of carbonyl (C=O) groups is 5. The van der Waals surface area contributed by atoms with E-state index in [4.69, 9.17) is 17.2 Å². The van der Waals surface area contributed by atoms with Gasteiger partial charge in [-0.25, -0.2) is 0 Å². The van der Waals surface area contributed by atoms with Crippen molar-refractivity contribution in [3.05, 3.63) is 71.8 Å². The fourth-order valence-electron chi connectivity index (χ4n) is 11.2. The van der Waals surface area contributed by atoms with E-state index in [1.54, 1.807) is 16.8 Å². The van der Waals surface area contributed by atoms with Gasteiger partial charge in [-0.05, 0) is 94.3 Å². The van der Waals surface area contributed by atoms with Crippen LogP contribution in [0.5, 0.6) is 0 Å². The minimum atomic E-state index is -1.91. The summed E-state index contributed by atoms with van der Waals surface area (Å²) in [5.41, 5.74) is 20.5. The maximum Gasteiger partial charge on any atom is 0.245 e. The number of piperazine rings is 1. The SMILES string of the molecule is CN[C@@H](Cc1ccccc1)C(=O)N[C@@H](CCCCN)C(=O)N1CCC[C@H]1C(=O)C(C(=O)[C@H](N)CC1CCCCC1)(C1CCCCC1)[C@H](N)C(=O)N1CCN(Cc2ccccc2)CC1. The summed E-state index contributed by atoms with van der Waals surface area (Å²) >= 11 is 0. The predicted octanol–water partition coefficient (Wildman–Crippen LogP) is 4.10. The maximum absolute atomic E-state index is 16.0. The summed E-state index contributed by atoms with van der Waals surface area (Å²) in [6.45, 7) is 3.60. The minimum Gasteiger partial charge on any atom is -0.343 e. The Morgan fingerprint density at radius 1 is 0.714 bits per heavy atom. The summed E-state index contributed by atoms with van der Waals surface area (Å²) < 4.78 is 0. The standard InChI is InChI=1S/C50H76N8O5/c1-54-42(34-37-19-8-3-9-20-37)47(61)55-41(25-14-15-27-51)48(62)58-28-16-26-43(58)46(60)50(39-23-12-5-13-24-39,45(59)40(52)33-36-17-6-2-7-18-36)44(53)49(63)57-31-29-56(30-32-57)35-38-21-10-4-11-22-38/h3-4,8-11,19-22,36,39-44,54H,2,5-7,12-18,23-35,51-53H2,1H3,(H,55,61)/t40-,41+,42+,43+,44-,50?/m1/s1. The number of hydrogen-bond donors (Lipinski definition) is 5. The van der Waals surface area contributed by atoms with Crippen LogP contribution in [0.3, 0.4) is 0 Å². The number of nitrogens with zero attached hydrogens (tertiary/aromatic N) is 3. The van der Waals surface area contributed by atoms with E-state index >= 15 is 9.59 Å². The molecule has 2 aliphatic heterocycles. The second kappa shape index (κ2) is 23.8. The Bertz CT molecular complexity index is 1780. The van der Waals surface area contributed by atoms with E-state index in [1.807, 2.05) is 48.5 Å². The third-order valence-corrected chi connectivity index (χ3v) is 14.8. The number of benzene rings is 2. The van der Waals surface area contributed by atoms with Crippen LogP contribution in [0, 0.1) is 17.3 Å². The van der Waals surface area contributed by atoms with Crippen LogP contribution in [0.15, 0.2) is 60.7 Å². The molecule has 346 valence electrons. The second-order valence-corrected chi connectivity index (χ2v) is 18.9. The number of nitrogens with one attached hydrogen (secondary N) is 2. The van der Waals surface area contributed by atoms with Gasteiger partial charge in [0.2, 0.25) is 17.7 Å². The van der Waals surface area contributed by atoms with Crippen molar-refractivity contribution >= 4 is 29.3 Å². The van der Waals surface area contributed by atoms with Crippen molar-refractivity contribution in [2.45, 2.75) is 146 Å². The fourth-order valence-corrected chi connectivity index (χ4v) is 11.2. The molecule has 2 saturated carbocycles. The molecular formula is C50H76N8O5. The number of rotatable bonds is 21. The largest absolute Gasteiger partial charge is 0.343 e. The normalized spacial score (nSPS) is 22.1. The van der Waals surface area contributed by atoms with Gasteiger partial charge in [-0.3, -0.25) is 28.9 Å². The number of ketones is 2. The van der Waals surface area contributed by atoms with E-state index in [2.05, 4.69) is 27.7 Å². The molecule has 0 radical (unpaired) electrons. The number of amides is 3. The molecule has 63 heavy (non-hydrogen) atoms. The molecule has 2 heterocycles. The van der Waals surface area contributed by atoms with Crippen LogP contribution in [0.1, 0.15) is 114 Å². The van der Waals surface area contributed by atoms with Gasteiger partial charge >= 0.3 is 0 Å². The quantitative estimate of drug-likeness (QED) is 0.0901. The van der Waals surface area contributed by atoms with Gasteiger partial charge in [0.15, 0.2) is 11.6 Å². The third kappa shape index (κ3) is 12.0. The molecule has 3 amide bonds. The topological polar surface area (TPSA) is 197 Å². The number of likely N-dealkylation sites (N-methyl/N-ethyl adjacent to an activating group) is 1. The van der Waals surface area contributed by atoms with Gasteiger partial charge in [0, 0.05) is 39.3 Å². The van der Waals surface area contributed by atoms with Crippen molar-refractivity contribution in [3.8, 4) is 0 Å². The fraction of sp³-hybridized carbons (Fsp3) is 0.660. The van der Waals surface area contributed by atoms with E-state index in [9.17, 15) is 14.4 Å². The van der Waals surface area contributed by atoms with Gasteiger partial charge in [-0.1, -0.05) is 112 Å². The third-order valence-electron chi connectivity index (χ3n) is 14.8. The lowest BCUT2D eigenvalue weighted by Crippen LogP contribution is -2.69. The highest BCUT2D eigenvalue weighted by Crippen LogP contribution is 2.47. The van der Waals surface area contributed by atoms with Gasteiger partial charge < -0.3 is 37.6 Å². The Kier molecular flexibility index (Phi) is 18.3. The number of likely N-dealkylation sites (tertiary alicyclic amines) is 1. The Morgan fingerprint density at radius 3 is 1.95 bits per heavy atom. The molecule has 1 unspecified atom stereocenters. The number of Topliss-reactive ketones (excluding diaryl/α,β-unsaturated/α-hetero) is 2. The molecule has 2 aliphatic carbocycles. The smallest absolute Gasteiger partial charge is 0.245 e. The van der Waals surface area contributed by atoms with Crippen LogP contribution in [0.4, 0.5) is 0 Å². The molecule has 2 aromatic rings. The zero-order valence-electron chi connectivity index (χ0n) is 37.9. The molecule has 4 aliphatic rings. The van der Waals surface area contributed by atoms with E-state index in [-0.39, 0.29) is 24.3 Å². The van der Waals surface area contributed by atoms with Crippen molar-refractivity contribution < 1.29 is 24.0 Å². The Balaban J connectivity index is 1.31. The summed E-state index contributed by atoms with van der Waals surface area (Å²) in [7, 11) is 1.73. The summed E-state index contributed by atoms with van der Waals surface area (Å²) in [5, 5.41) is 6.17. The van der Waals surface area contributed by atoms with Gasteiger partial charge in [-0.2, -0.15) is 0 Å². The van der Waals surface area contributed by atoms with E-state index in [0.717, 1.165) is 63.5 Å². The first-order valence-corrected chi connectivity index (χ1v) is 24.2. The van der Waals surface area contributed by atoms with Crippen molar-refractivity contribution in [2.24, 2.45) is 34.5 Å². The molecule has 6 rings (SSSR count). The molecular weight excluding hydrogens is 793 g/mol. The molecule has 8 N–H and O–H groups in total. The average molecular weight is 869 g/mol. The van der Waals surface area contributed by atoms with Crippen molar-refractivity contribution in [1.29, 1.82) is 0 Å². The van der Waals surface area contributed by atoms with Crippen LogP contribution < -0.4 is 27.8 Å². The van der Waals surface area contributed by atoms with Crippen molar-refractivity contribution in [1.82, 2.24) is 25.3 Å². The first-order valence-electron chi connectivity index (χ1n) is 24.2. The molecule has 2 saturated heterocycles. The first-order chi connectivity index (χ1) is 30.6. The van der Waals surface area contributed by atoms with Crippen LogP contribution in [0.25, 0.3) is 0 Å². The lowest BCUT2D eigenvalue weighted by Gasteiger charge is -2.48. The molecule has 2 aromatic carbocycles. The number of carbonyl (C=O) groups excluding carboxylic acids is 5. The average Bonchev–Trinajstić information content (AvgIpc) is 3.82. The molecule has 0 bridgehead atoms. The molecule has 13 heteroatoms. The molecule has 13 nitrogen and oxygen atoms in total. The summed E-state index contributed by atoms with van der Waals surface area (Å²) in [5.74, 6) is -2.19. The van der Waals surface area contributed by atoms with Gasteiger partial charge in [0.25, 0.3) is 0 Å². The predicted molar refractivity (Wildman–Crippen MR) is 247 cm³/mol. The summed E-state index contributed by atoms with van der Waals surface area (Å²) in [4.78, 5) is 81.1. The van der Waals surface area contributed by atoms with Gasteiger partial charge in [0.1, 0.15) is 17.5 Å². The first kappa shape index (κ1) is 48.4. The summed E-state index contributed by atoms with van der Waals surface area (Å²) in [6.07, 6.45) is 12.3. The highest BCUT2D eigenvalue weighted by atomic mass is 16.2. The van der Waals surface area contributed by atoms with Crippen LogP contribution in [-0.4, -0.2) is 121 Å². The molecule has 6 atom stereocenters. The van der Waals surface area contributed by atoms with Gasteiger partial charge in [0.05, 0.1) is 18.1 Å². The zero-order valence-corrected chi connectivity index (χ0v) is 37.9.